The fraction of sp³-hybridized carbons (Fsp3) is 0.500. The highest BCUT2D eigenvalue weighted by Crippen LogP contribution is 2.16. The van der Waals surface area contributed by atoms with E-state index in [0.717, 1.165) is 24.3 Å². The molecule has 1 aliphatic rings. The van der Waals surface area contributed by atoms with Crippen LogP contribution in [0, 0.1) is 6.92 Å². The average Bonchev–Trinajstić information content (AvgIpc) is 2.72. The quantitative estimate of drug-likeness (QED) is 0.846. The zero-order valence-electron chi connectivity index (χ0n) is 12.7. The van der Waals surface area contributed by atoms with Gasteiger partial charge in [0.25, 0.3) is 5.91 Å². The number of nitrogens with zero attached hydrogens (tertiary/aromatic N) is 2. The van der Waals surface area contributed by atoms with Crippen LogP contribution >= 0.6 is 0 Å². The summed E-state index contributed by atoms with van der Waals surface area (Å²) in [5.41, 5.74) is 1.02. The number of rotatable bonds is 3. The molecular weight excluding hydrogens is 268 g/mol. The lowest BCUT2D eigenvalue weighted by atomic mass is 10.2. The standard InChI is InChI=1S/C16H22N2O3/c1-13-6-3-4-7-15(13)21-12-16(20)18-9-5-8-17(10-11-18)14(2)19/h3-4,6-7H,5,8-12H2,1-2H3. The van der Waals surface area contributed by atoms with Crippen molar-refractivity contribution in [3.63, 3.8) is 0 Å². The first kappa shape index (κ1) is 15.4. The van der Waals surface area contributed by atoms with Crippen LogP contribution in [0.2, 0.25) is 0 Å². The number of aryl methyl sites for hydroxylation is 1. The summed E-state index contributed by atoms with van der Waals surface area (Å²) in [6, 6.07) is 7.65. The van der Waals surface area contributed by atoms with Crippen molar-refractivity contribution in [2.45, 2.75) is 20.3 Å². The molecule has 5 heteroatoms. The number of ether oxygens (including phenoxy) is 1. The molecule has 0 unspecified atom stereocenters. The Labute approximate surface area is 125 Å². The lowest BCUT2D eigenvalue weighted by Crippen LogP contribution is -2.38. The predicted molar refractivity (Wildman–Crippen MR) is 80.1 cm³/mol. The van der Waals surface area contributed by atoms with E-state index in [-0.39, 0.29) is 18.4 Å². The molecule has 1 saturated heterocycles. The molecule has 0 radical (unpaired) electrons. The maximum Gasteiger partial charge on any atom is 0.260 e. The van der Waals surface area contributed by atoms with Crippen molar-refractivity contribution in [3.05, 3.63) is 29.8 Å². The number of benzene rings is 1. The van der Waals surface area contributed by atoms with E-state index in [1.54, 1.807) is 16.7 Å². The number of carbonyl (C=O) groups is 2. The van der Waals surface area contributed by atoms with Crippen LogP contribution in [0.1, 0.15) is 18.9 Å². The SMILES string of the molecule is CC(=O)N1CCCN(C(=O)COc2ccccc2C)CC1. The average molecular weight is 290 g/mol. The Kier molecular flexibility index (Phi) is 5.20. The second-order valence-corrected chi connectivity index (χ2v) is 5.29. The summed E-state index contributed by atoms with van der Waals surface area (Å²) in [6.07, 6.45) is 0.815. The minimum Gasteiger partial charge on any atom is -0.484 e. The third kappa shape index (κ3) is 4.21. The summed E-state index contributed by atoms with van der Waals surface area (Å²) >= 11 is 0. The van der Waals surface area contributed by atoms with Crippen molar-refractivity contribution in [1.82, 2.24) is 9.80 Å². The third-order valence-electron chi connectivity index (χ3n) is 3.74. The number of hydrogen-bond acceptors (Lipinski definition) is 3. The van der Waals surface area contributed by atoms with Crippen LogP contribution in [0.15, 0.2) is 24.3 Å². The van der Waals surface area contributed by atoms with E-state index in [1.807, 2.05) is 31.2 Å². The van der Waals surface area contributed by atoms with Gasteiger partial charge >= 0.3 is 0 Å². The van der Waals surface area contributed by atoms with Gasteiger partial charge in [-0.1, -0.05) is 18.2 Å². The molecule has 1 aromatic rings. The molecule has 0 atom stereocenters. The van der Waals surface area contributed by atoms with Crippen molar-refractivity contribution in [3.8, 4) is 5.75 Å². The largest absolute Gasteiger partial charge is 0.484 e. The van der Waals surface area contributed by atoms with E-state index in [1.165, 1.54) is 0 Å². The first-order valence-electron chi connectivity index (χ1n) is 7.29. The zero-order chi connectivity index (χ0) is 15.2. The number of carbonyl (C=O) groups excluding carboxylic acids is 2. The van der Waals surface area contributed by atoms with Crippen molar-refractivity contribution in [2.24, 2.45) is 0 Å². The van der Waals surface area contributed by atoms with Gasteiger partial charge in [-0.2, -0.15) is 0 Å². The summed E-state index contributed by atoms with van der Waals surface area (Å²) in [6.45, 7) is 6.15. The fourth-order valence-electron chi connectivity index (χ4n) is 2.43. The molecule has 5 nitrogen and oxygen atoms in total. The lowest BCUT2D eigenvalue weighted by molar-refractivity contribution is -0.134. The lowest BCUT2D eigenvalue weighted by Gasteiger charge is -2.21. The van der Waals surface area contributed by atoms with E-state index < -0.39 is 0 Å². The van der Waals surface area contributed by atoms with Gasteiger partial charge < -0.3 is 14.5 Å². The number of para-hydroxylation sites is 1. The highest BCUT2D eigenvalue weighted by Gasteiger charge is 2.20. The Morgan fingerprint density at radius 1 is 1.10 bits per heavy atom. The topological polar surface area (TPSA) is 49.9 Å². The van der Waals surface area contributed by atoms with Crippen molar-refractivity contribution < 1.29 is 14.3 Å². The van der Waals surface area contributed by atoms with Crippen LogP contribution in [-0.2, 0) is 9.59 Å². The molecule has 21 heavy (non-hydrogen) atoms. The molecule has 2 rings (SSSR count). The van der Waals surface area contributed by atoms with Gasteiger partial charge in [-0.25, -0.2) is 0 Å². The molecule has 114 valence electrons. The molecule has 1 aliphatic heterocycles. The second-order valence-electron chi connectivity index (χ2n) is 5.29. The van der Waals surface area contributed by atoms with Crippen molar-refractivity contribution in [1.29, 1.82) is 0 Å². The number of hydrogen-bond donors (Lipinski definition) is 0. The Morgan fingerprint density at radius 2 is 1.76 bits per heavy atom. The van der Waals surface area contributed by atoms with Crippen LogP contribution in [0.4, 0.5) is 0 Å². The van der Waals surface area contributed by atoms with Gasteiger partial charge in [0.1, 0.15) is 5.75 Å². The minimum atomic E-state index is -0.0244. The smallest absolute Gasteiger partial charge is 0.260 e. The van der Waals surface area contributed by atoms with Gasteiger partial charge in [0.05, 0.1) is 0 Å². The van der Waals surface area contributed by atoms with Gasteiger partial charge in [0, 0.05) is 33.1 Å². The minimum absolute atomic E-state index is 0.0244. The highest BCUT2D eigenvalue weighted by molar-refractivity contribution is 5.78. The van der Waals surface area contributed by atoms with Gasteiger partial charge in [-0.3, -0.25) is 9.59 Å². The first-order valence-corrected chi connectivity index (χ1v) is 7.29. The Hall–Kier alpha value is -2.04. The van der Waals surface area contributed by atoms with Gasteiger partial charge in [-0.15, -0.1) is 0 Å². The van der Waals surface area contributed by atoms with Crippen molar-refractivity contribution >= 4 is 11.8 Å². The Morgan fingerprint density at radius 3 is 2.48 bits per heavy atom. The van der Waals surface area contributed by atoms with Gasteiger partial charge in [0.15, 0.2) is 6.61 Å². The van der Waals surface area contributed by atoms with E-state index in [0.29, 0.717) is 19.6 Å². The van der Waals surface area contributed by atoms with E-state index in [4.69, 9.17) is 4.74 Å². The van der Waals surface area contributed by atoms with Crippen LogP contribution in [0.25, 0.3) is 0 Å². The Balaban J connectivity index is 1.86. The maximum atomic E-state index is 12.2. The van der Waals surface area contributed by atoms with Crippen LogP contribution in [0.3, 0.4) is 0 Å². The summed E-state index contributed by atoms with van der Waals surface area (Å²) in [4.78, 5) is 27.1. The molecule has 0 spiro atoms. The molecule has 1 fully saturated rings. The maximum absolute atomic E-state index is 12.2. The van der Waals surface area contributed by atoms with E-state index in [2.05, 4.69) is 0 Å². The molecule has 2 amide bonds. The number of amides is 2. The molecule has 1 heterocycles. The predicted octanol–water partition coefficient (Wildman–Crippen LogP) is 1.45. The van der Waals surface area contributed by atoms with Crippen molar-refractivity contribution in [2.75, 3.05) is 32.8 Å². The summed E-state index contributed by atoms with van der Waals surface area (Å²) in [5, 5.41) is 0. The molecular formula is C16H22N2O3. The van der Waals surface area contributed by atoms with Crippen LogP contribution in [0.5, 0.6) is 5.75 Å². The molecule has 0 saturated carbocycles. The molecule has 0 N–H and O–H groups in total. The van der Waals surface area contributed by atoms with E-state index in [9.17, 15) is 9.59 Å². The summed E-state index contributed by atoms with van der Waals surface area (Å²) in [5.74, 6) is 0.787. The fourth-order valence-corrected chi connectivity index (χ4v) is 2.43. The van der Waals surface area contributed by atoms with Crippen LogP contribution in [-0.4, -0.2) is 54.4 Å². The molecule has 0 aliphatic carbocycles. The molecule has 0 bridgehead atoms. The second kappa shape index (κ2) is 7.11. The third-order valence-corrected chi connectivity index (χ3v) is 3.74. The molecule has 1 aromatic carbocycles. The Bertz CT molecular complexity index is 516. The normalized spacial score (nSPS) is 15.5. The highest BCUT2D eigenvalue weighted by atomic mass is 16.5. The zero-order valence-corrected chi connectivity index (χ0v) is 12.7. The van der Waals surface area contributed by atoms with Crippen LogP contribution < -0.4 is 4.74 Å². The first-order chi connectivity index (χ1) is 10.1. The van der Waals surface area contributed by atoms with Gasteiger partial charge in [-0.05, 0) is 25.0 Å². The monoisotopic (exact) mass is 290 g/mol. The van der Waals surface area contributed by atoms with E-state index >= 15 is 0 Å². The van der Waals surface area contributed by atoms with Gasteiger partial charge in [0.2, 0.25) is 5.91 Å². The summed E-state index contributed by atoms with van der Waals surface area (Å²) in [7, 11) is 0. The summed E-state index contributed by atoms with van der Waals surface area (Å²) < 4.78 is 5.60. The molecule has 0 aromatic heterocycles.